The summed E-state index contributed by atoms with van der Waals surface area (Å²) in [5.41, 5.74) is 0. The van der Waals surface area contributed by atoms with Crippen molar-refractivity contribution in [3.63, 3.8) is 0 Å². The van der Waals surface area contributed by atoms with Gasteiger partial charge < -0.3 is 0 Å². The van der Waals surface area contributed by atoms with Crippen LogP contribution in [0.5, 0.6) is 0 Å². The van der Waals surface area contributed by atoms with Crippen LogP contribution >= 0.6 is 0 Å². The third-order valence-corrected chi connectivity index (χ3v) is 2.21. The molecule has 2 nitrogen and oxygen atoms in total. The molecule has 10 heavy (non-hydrogen) atoms. The van der Waals surface area contributed by atoms with Gasteiger partial charge in [-0.15, -0.1) is 0 Å². The summed E-state index contributed by atoms with van der Waals surface area (Å²) in [5.74, 6) is 0.152. The number of hydrogen-bond acceptors (Lipinski definition) is 1. The van der Waals surface area contributed by atoms with E-state index in [0.29, 0.717) is 0 Å². The van der Waals surface area contributed by atoms with E-state index in [2.05, 4.69) is 0 Å². The predicted molar refractivity (Wildman–Crippen MR) is 36.7 cm³/mol. The van der Waals surface area contributed by atoms with E-state index in [1.54, 1.807) is 6.07 Å². The van der Waals surface area contributed by atoms with Crippen LogP contribution in [0.15, 0.2) is 0 Å². The summed E-state index contributed by atoms with van der Waals surface area (Å²) >= 11 is 0. The monoisotopic (exact) mass is 138 g/mol. The topological polar surface area (TPSA) is 43.7 Å². The third-order valence-electron chi connectivity index (χ3n) is 2.21. The van der Waals surface area contributed by atoms with Crippen LogP contribution in [0.3, 0.4) is 0 Å². The fourth-order valence-corrected chi connectivity index (χ4v) is 1.54. The van der Waals surface area contributed by atoms with Gasteiger partial charge in [0.15, 0.2) is 6.10 Å². The lowest BCUT2D eigenvalue weighted by molar-refractivity contribution is 0.0643. The molecular formula is C8H12NO. The van der Waals surface area contributed by atoms with E-state index in [9.17, 15) is 5.11 Å². The lowest BCUT2D eigenvalue weighted by Crippen LogP contribution is -2.19. The Bertz CT molecular complexity index is 133. The van der Waals surface area contributed by atoms with Gasteiger partial charge in [0, 0.05) is 5.92 Å². The Hall–Kier alpha value is -0.550. The number of hydrogen-bond donors (Lipinski definition) is 0. The SMILES string of the molecule is N#CC([O])C1CCCCC1. The van der Waals surface area contributed by atoms with Crippen molar-refractivity contribution < 1.29 is 5.11 Å². The number of rotatable bonds is 1. The van der Waals surface area contributed by atoms with Gasteiger partial charge in [-0.1, -0.05) is 19.3 Å². The molecule has 1 fully saturated rings. The largest absolute Gasteiger partial charge is 0.216 e. The Kier molecular flexibility index (Phi) is 2.70. The molecule has 2 heteroatoms. The van der Waals surface area contributed by atoms with Gasteiger partial charge in [-0.05, 0) is 12.8 Å². The molecule has 0 aromatic rings. The van der Waals surface area contributed by atoms with E-state index in [4.69, 9.17) is 5.26 Å². The molecule has 55 valence electrons. The fraction of sp³-hybridized carbons (Fsp3) is 0.875. The molecule has 1 saturated carbocycles. The molecule has 1 unspecified atom stereocenters. The minimum atomic E-state index is -0.958. The first kappa shape index (κ1) is 7.56. The molecule has 0 N–H and O–H groups in total. The summed E-state index contributed by atoms with van der Waals surface area (Å²) in [6, 6.07) is 1.78. The smallest absolute Gasteiger partial charge is 0.182 e. The van der Waals surface area contributed by atoms with E-state index in [1.807, 2.05) is 0 Å². The van der Waals surface area contributed by atoms with E-state index in [1.165, 1.54) is 6.42 Å². The van der Waals surface area contributed by atoms with Crippen molar-refractivity contribution in [1.82, 2.24) is 0 Å². The van der Waals surface area contributed by atoms with E-state index in [-0.39, 0.29) is 5.92 Å². The molecule has 0 spiro atoms. The zero-order chi connectivity index (χ0) is 7.40. The van der Waals surface area contributed by atoms with E-state index >= 15 is 0 Å². The fourth-order valence-electron chi connectivity index (χ4n) is 1.54. The van der Waals surface area contributed by atoms with Crippen molar-refractivity contribution in [2.24, 2.45) is 5.92 Å². The molecule has 1 atom stereocenters. The van der Waals surface area contributed by atoms with Gasteiger partial charge in [0.2, 0.25) is 0 Å². The highest BCUT2D eigenvalue weighted by molar-refractivity contribution is 4.88. The maximum absolute atomic E-state index is 10.9. The zero-order valence-corrected chi connectivity index (χ0v) is 6.05. The van der Waals surface area contributed by atoms with Gasteiger partial charge >= 0.3 is 0 Å². The molecule has 0 amide bonds. The van der Waals surface area contributed by atoms with Crippen molar-refractivity contribution >= 4 is 0 Å². The van der Waals surface area contributed by atoms with Gasteiger partial charge in [0.1, 0.15) is 0 Å². The van der Waals surface area contributed by atoms with Crippen molar-refractivity contribution in [3.8, 4) is 6.07 Å². The second kappa shape index (κ2) is 3.58. The first-order chi connectivity index (χ1) is 4.84. The van der Waals surface area contributed by atoms with Crippen LogP contribution in [0.1, 0.15) is 32.1 Å². The molecule has 1 rings (SSSR count). The van der Waals surface area contributed by atoms with Crippen molar-refractivity contribution in [2.75, 3.05) is 0 Å². The highest BCUT2D eigenvalue weighted by Gasteiger charge is 2.21. The quantitative estimate of drug-likeness (QED) is 0.545. The van der Waals surface area contributed by atoms with Crippen LogP contribution < -0.4 is 0 Å². The minimum Gasteiger partial charge on any atom is -0.216 e. The highest BCUT2D eigenvalue weighted by atomic mass is 16.3. The van der Waals surface area contributed by atoms with Gasteiger partial charge in [-0.3, -0.25) is 0 Å². The molecule has 0 aliphatic heterocycles. The van der Waals surface area contributed by atoms with Gasteiger partial charge in [0.25, 0.3) is 0 Å². The number of nitrogens with zero attached hydrogens (tertiary/aromatic N) is 1. The average molecular weight is 138 g/mol. The van der Waals surface area contributed by atoms with Crippen LogP contribution in [0.4, 0.5) is 0 Å². The lowest BCUT2D eigenvalue weighted by Gasteiger charge is -2.20. The zero-order valence-electron chi connectivity index (χ0n) is 6.05. The second-order valence-corrected chi connectivity index (χ2v) is 2.95. The Balaban J connectivity index is 2.33. The van der Waals surface area contributed by atoms with E-state index < -0.39 is 6.10 Å². The summed E-state index contributed by atoms with van der Waals surface area (Å²) < 4.78 is 0. The summed E-state index contributed by atoms with van der Waals surface area (Å²) in [6.45, 7) is 0. The van der Waals surface area contributed by atoms with Crippen LogP contribution in [-0.4, -0.2) is 6.10 Å². The van der Waals surface area contributed by atoms with E-state index in [0.717, 1.165) is 25.7 Å². The number of nitriles is 1. The molecule has 0 aromatic heterocycles. The Morgan fingerprint density at radius 2 is 1.90 bits per heavy atom. The summed E-state index contributed by atoms with van der Waals surface area (Å²) in [5, 5.41) is 19.2. The van der Waals surface area contributed by atoms with Crippen molar-refractivity contribution in [3.05, 3.63) is 0 Å². The molecule has 0 bridgehead atoms. The standard InChI is InChI=1S/C8H12NO/c9-6-8(10)7-4-2-1-3-5-7/h7-8H,1-5H2. The van der Waals surface area contributed by atoms with Gasteiger partial charge in [-0.25, -0.2) is 5.11 Å². The average Bonchev–Trinajstić information content (AvgIpc) is 2.05. The van der Waals surface area contributed by atoms with Crippen molar-refractivity contribution in [2.45, 2.75) is 38.2 Å². The normalized spacial score (nSPS) is 23.6. The molecule has 1 radical (unpaired) electrons. The molecular weight excluding hydrogens is 126 g/mol. The first-order valence-corrected chi connectivity index (χ1v) is 3.90. The maximum atomic E-state index is 10.9. The molecule has 1 aliphatic rings. The highest BCUT2D eigenvalue weighted by Crippen LogP contribution is 2.26. The first-order valence-electron chi connectivity index (χ1n) is 3.90. The Labute approximate surface area is 61.5 Å². The predicted octanol–water partition coefficient (Wildman–Crippen LogP) is 1.89. The van der Waals surface area contributed by atoms with Gasteiger partial charge in [-0.2, -0.15) is 5.26 Å². The third kappa shape index (κ3) is 1.71. The lowest BCUT2D eigenvalue weighted by atomic mass is 9.86. The molecule has 0 aromatic carbocycles. The van der Waals surface area contributed by atoms with Crippen LogP contribution in [0.2, 0.25) is 0 Å². The minimum absolute atomic E-state index is 0.152. The summed E-state index contributed by atoms with van der Waals surface area (Å²) in [4.78, 5) is 0. The Morgan fingerprint density at radius 3 is 2.40 bits per heavy atom. The molecule has 0 saturated heterocycles. The van der Waals surface area contributed by atoms with Crippen LogP contribution in [-0.2, 0) is 5.11 Å². The molecule has 0 heterocycles. The van der Waals surface area contributed by atoms with Gasteiger partial charge in [0.05, 0.1) is 6.07 Å². The summed E-state index contributed by atoms with van der Waals surface area (Å²) in [6.07, 6.45) is 4.52. The maximum Gasteiger partial charge on any atom is 0.182 e. The summed E-state index contributed by atoms with van der Waals surface area (Å²) in [7, 11) is 0. The van der Waals surface area contributed by atoms with Crippen LogP contribution in [0, 0.1) is 17.2 Å². The second-order valence-electron chi connectivity index (χ2n) is 2.95. The van der Waals surface area contributed by atoms with Crippen molar-refractivity contribution in [1.29, 1.82) is 5.26 Å². The Morgan fingerprint density at radius 1 is 1.30 bits per heavy atom. The van der Waals surface area contributed by atoms with Crippen LogP contribution in [0.25, 0.3) is 0 Å². The molecule has 1 aliphatic carbocycles.